The van der Waals surface area contributed by atoms with Crippen molar-refractivity contribution in [2.24, 2.45) is 11.8 Å². The van der Waals surface area contributed by atoms with Gasteiger partial charge in [-0.3, -0.25) is 0 Å². The SMILES string of the molecule is O=C(O)c1nc2c3c([nH]c(=O)n2n1)CC1CCCCC1C3. The quantitative estimate of drug-likeness (QED) is 0.816. The molecule has 2 aromatic rings. The maximum absolute atomic E-state index is 12.1. The number of carbonyl (C=O) groups is 1. The lowest BCUT2D eigenvalue weighted by Crippen LogP contribution is -2.32. The lowest BCUT2D eigenvalue weighted by molar-refractivity contribution is 0.0684. The van der Waals surface area contributed by atoms with Crippen LogP contribution in [0.4, 0.5) is 0 Å². The number of aromatic carboxylic acids is 1. The molecule has 2 atom stereocenters. The van der Waals surface area contributed by atoms with Gasteiger partial charge in [-0.1, -0.05) is 12.8 Å². The van der Waals surface area contributed by atoms with Crippen LogP contribution in [0, 0.1) is 11.8 Å². The Bertz CT molecular complexity index is 791. The molecule has 21 heavy (non-hydrogen) atoms. The summed E-state index contributed by atoms with van der Waals surface area (Å²) in [5.74, 6) is -0.282. The van der Waals surface area contributed by atoms with Crippen molar-refractivity contribution in [2.45, 2.75) is 38.5 Å². The summed E-state index contributed by atoms with van der Waals surface area (Å²) in [4.78, 5) is 30.0. The van der Waals surface area contributed by atoms with E-state index in [1.807, 2.05) is 0 Å². The predicted octanol–water partition coefficient (Wildman–Crippen LogP) is 1.02. The topological polar surface area (TPSA) is 100 Å². The van der Waals surface area contributed by atoms with Gasteiger partial charge in [0.1, 0.15) is 0 Å². The van der Waals surface area contributed by atoms with Crippen LogP contribution in [0.5, 0.6) is 0 Å². The molecule has 0 radical (unpaired) electrons. The van der Waals surface area contributed by atoms with E-state index in [4.69, 9.17) is 5.11 Å². The Morgan fingerprint density at radius 1 is 1.24 bits per heavy atom. The summed E-state index contributed by atoms with van der Waals surface area (Å²) in [5.41, 5.74) is 1.89. The summed E-state index contributed by atoms with van der Waals surface area (Å²) >= 11 is 0. The number of carboxylic acid groups (broad SMARTS) is 1. The van der Waals surface area contributed by atoms with Crippen LogP contribution in [-0.4, -0.2) is 30.7 Å². The zero-order valence-corrected chi connectivity index (χ0v) is 11.5. The van der Waals surface area contributed by atoms with E-state index in [0.717, 1.165) is 28.6 Å². The summed E-state index contributed by atoms with van der Waals surface area (Å²) in [6, 6.07) is 0. The Hall–Kier alpha value is -2.18. The van der Waals surface area contributed by atoms with Crippen LogP contribution in [0.15, 0.2) is 4.79 Å². The normalized spacial score (nSPS) is 24.6. The molecule has 7 nitrogen and oxygen atoms in total. The van der Waals surface area contributed by atoms with Gasteiger partial charge in [-0.25, -0.2) is 14.6 Å². The van der Waals surface area contributed by atoms with Crippen molar-refractivity contribution in [3.05, 3.63) is 27.6 Å². The lowest BCUT2D eigenvalue weighted by Gasteiger charge is -2.36. The largest absolute Gasteiger partial charge is 0.475 e. The third-order valence-electron chi connectivity index (χ3n) is 4.88. The third kappa shape index (κ3) is 1.87. The van der Waals surface area contributed by atoms with Crippen molar-refractivity contribution in [1.82, 2.24) is 19.6 Å². The Kier molecular flexibility index (Phi) is 2.63. The molecular formula is C14H16N4O3. The number of carboxylic acids is 1. The number of fused-ring (bicyclic) bond motifs is 4. The third-order valence-corrected chi connectivity index (χ3v) is 4.88. The summed E-state index contributed by atoms with van der Waals surface area (Å²) in [6.45, 7) is 0. The molecule has 0 amide bonds. The fourth-order valence-corrected chi connectivity index (χ4v) is 3.87. The van der Waals surface area contributed by atoms with Crippen LogP contribution in [0.1, 0.15) is 47.6 Å². The smallest absolute Gasteiger partial charge is 0.375 e. The van der Waals surface area contributed by atoms with E-state index in [1.54, 1.807) is 0 Å². The molecule has 2 aromatic heterocycles. The standard InChI is InChI=1S/C14H16N4O3/c19-13(20)11-16-12-9-5-7-3-1-2-4-8(7)6-10(9)15-14(21)18(12)17-11/h7-8H,1-6H2,(H,15,21)(H,19,20). The van der Waals surface area contributed by atoms with E-state index in [1.165, 1.54) is 25.7 Å². The highest BCUT2D eigenvalue weighted by Gasteiger charge is 2.33. The van der Waals surface area contributed by atoms with Gasteiger partial charge in [0.25, 0.3) is 5.82 Å². The van der Waals surface area contributed by atoms with Crippen LogP contribution < -0.4 is 5.69 Å². The fourth-order valence-electron chi connectivity index (χ4n) is 3.87. The molecule has 0 aliphatic heterocycles. The predicted molar refractivity (Wildman–Crippen MR) is 73.4 cm³/mol. The Morgan fingerprint density at radius 2 is 1.95 bits per heavy atom. The first kappa shape index (κ1) is 12.6. The minimum atomic E-state index is -1.21. The van der Waals surface area contributed by atoms with Gasteiger partial charge < -0.3 is 10.1 Å². The highest BCUT2D eigenvalue weighted by atomic mass is 16.4. The van der Waals surface area contributed by atoms with Gasteiger partial charge >= 0.3 is 11.7 Å². The average Bonchev–Trinajstić information content (AvgIpc) is 2.92. The average molecular weight is 288 g/mol. The van der Waals surface area contributed by atoms with Gasteiger partial charge in [-0.15, -0.1) is 5.10 Å². The summed E-state index contributed by atoms with van der Waals surface area (Å²) in [6.07, 6.45) is 6.65. The molecule has 2 unspecified atom stereocenters. The van der Waals surface area contributed by atoms with Crippen LogP contribution in [-0.2, 0) is 12.8 Å². The second-order valence-electron chi connectivity index (χ2n) is 6.08. The van der Waals surface area contributed by atoms with Crippen molar-refractivity contribution in [1.29, 1.82) is 0 Å². The molecule has 0 bridgehead atoms. The van der Waals surface area contributed by atoms with Crippen molar-refractivity contribution < 1.29 is 9.90 Å². The number of aromatic amines is 1. The van der Waals surface area contributed by atoms with Crippen LogP contribution in [0.25, 0.3) is 5.65 Å². The first-order valence-electron chi connectivity index (χ1n) is 7.37. The second kappa shape index (κ2) is 4.41. The van der Waals surface area contributed by atoms with Gasteiger partial charge in [0.2, 0.25) is 0 Å². The first-order chi connectivity index (χ1) is 10.1. The fraction of sp³-hybridized carbons (Fsp3) is 0.571. The second-order valence-corrected chi connectivity index (χ2v) is 6.08. The van der Waals surface area contributed by atoms with Gasteiger partial charge in [0, 0.05) is 11.3 Å². The molecular weight excluding hydrogens is 272 g/mol. The maximum atomic E-state index is 12.1. The minimum Gasteiger partial charge on any atom is -0.475 e. The Morgan fingerprint density at radius 3 is 2.67 bits per heavy atom. The Labute approximate surface area is 120 Å². The molecule has 2 aliphatic rings. The van der Waals surface area contributed by atoms with Gasteiger partial charge in [-0.05, 0) is 37.5 Å². The summed E-state index contributed by atoms with van der Waals surface area (Å²) < 4.78 is 1.09. The lowest BCUT2D eigenvalue weighted by atomic mass is 9.70. The molecule has 7 heteroatoms. The Balaban J connectivity index is 1.90. The number of H-pyrrole nitrogens is 1. The van der Waals surface area contributed by atoms with Crippen LogP contribution >= 0.6 is 0 Å². The highest BCUT2D eigenvalue weighted by Crippen LogP contribution is 2.39. The van der Waals surface area contributed by atoms with Crippen molar-refractivity contribution in [3.8, 4) is 0 Å². The zero-order chi connectivity index (χ0) is 14.6. The molecule has 110 valence electrons. The number of nitrogens with zero attached hydrogens (tertiary/aromatic N) is 3. The monoisotopic (exact) mass is 288 g/mol. The maximum Gasteiger partial charge on any atom is 0.375 e. The molecule has 2 N–H and O–H groups in total. The van der Waals surface area contributed by atoms with Crippen molar-refractivity contribution >= 4 is 11.6 Å². The number of hydrogen-bond acceptors (Lipinski definition) is 4. The molecule has 4 rings (SSSR count). The summed E-state index contributed by atoms with van der Waals surface area (Å²) in [5, 5.41) is 12.8. The van der Waals surface area contributed by atoms with E-state index in [2.05, 4.69) is 15.1 Å². The number of aromatic nitrogens is 4. The van der Waals surface area contributed by atoms with Gasteiger partial charge in [-0.2, -0.15) is 4.52 Å². The molecule has 1 saturated carbocycles. The highest BCUT2D eigenvalue weighted by molar-refractivity contribution is 5.83. The van der Waals surface area contributed by atoms with Crippen LogP contribution in [0.3, 0.4) is 0 Å². The van der Waals surface area contributed by atoms with Crippen molar-refractivity contribution in [2.75, 3.05) is 0 Å². The van der Waals surface area contributed by atoms with Crippen LogP contribution in [0.2, 0.25) is 0 Å². The van der Waals surface area contributed by atoms with E-state index in [-0.39, 0.29) is 5.82 Å². The zero-order valence-electron chi connectivity index (χ0n) is 11.5. The molecule has 1 fully saturated rings. The van der Waals surface area contributed by atoms with E-state index < -0.39 is 11.7 Å². The number of nitrogens with one attached hydrogen (secondary N) is 1. The molecule has 0 saturated heterocycles. The van der Waals surface area contributed by atoms with Gasteiger partial charge in [0.15, 0.2) is 5.65 Å². The number of rotatable bonds is 1. The van der Waals surface area contributed by atoms with E-state index >= 15 is 0 Å². The molecule has 2 heterocycles. The summed E-state index contributed by atoms with van der Waals surface area (Å²) in [7, 11) is 0. The van der Waals surface area contributed by atoms with Crippen molar-refractivity contribution in [3.63, 3.8) is 0 Å². The molecule has 0 spiro atoms. The minimum absolute atomic E-state index is 0.320. The molecule has 2 aliphatic carbocycles. The first-order valence-corrected chi connectivity index (χ1v) is 7.37. The molecule has 0 aromatic carbocycles. The van der Waals surface area contributed by atoms with Gasteiger partial charge in [0.05, 0.1) is 0 Å². The van der Waals surface area contributed by atoms with E-state index in [0.29, 0.717) is 17.5 Å². The van der Waals surface area contributed by atoms with E-state index in [9.17, 15) is 9.59 Å². The number of hydrogen-bond donors (Lipinski definition) is 2.